The largest absolute Gasteiger partial charge is 0.493 e. The van der Waals surface area contributed by atoms with Crippen molar-refractivity contribution >= 4 is 34.3 Å². The summed E-state index contributed by atoms with van der Waals surface area (Å²) in [5, 5.41) is 3.43. The maximum atomic E-state index is 12.6. The number of thiophene rings is 1. The van der Waals surface area contributed by atoms with E-state index in [0.717, 1.165) is 54.5 Å². The number of hydrogen-bond acceptors (Lipinski definition) is 6. The molecule has 1 aromatic carbocycles. The standard InChI is InChI=1S/C25H31NO5S/c1-4-6-7-15-31-19-13-11-17(16-20(19)29-3)12-14-22(27)26-24-23(25(28)30-5-2)18-9-8-10-21(18)32-24/h11-14,16H,4-10,15H2,1-3H3,(H,26,27)/b14-12+. The van der Waals surface area contributed by atoms with E-state index in [2.05, 4.69) is 12.2 Å². The number of carbonyl (C=O) groups is 2. The molecule has 172 valence electrons. The molecule has 6 nitrogen and oxygen atoms in total. The van der Waals surface area contributed by atoms with Gasteiger partial charge in [0.1, 0.15) is 5.00 Å². The SMILES string of the molecule is CCCCCOc1ccc(/C=C/C(=O)Nc2sc3c(c2C(=O)OCC)CCC3)cc1OC. The first-order valence-corrected chi connectivity index (χ1v) is 12.0. The summed E-state index contributed by atoms with van der Waals surface area (Å²) in [6, 6.07) is 5.57. The van der Waals surface area contributed by atoms with Crippen LogP contribution in [0.4, 0.5) is 5.00 Å². The van der Waals surface area contributed by atoms with Crippen molar-refractivity contribution in [3.8, 4) is 11.5 Å². The Hall–Kier alpha value is -2.80. The lowest BCUT2D eigenvalue weighted by molar-refractivity contribution is -0.111. The van der Waals surface area contributed by atoms with Crippen molar-refractivity contribution in [2.75, 3.05) is 25.6 Å². The summed E-state index contributed by atoms with van der Waals surface area (Å²) in [4.78, 5) is 26.2. The van der Waals surface area contributed by atoms with Crippen LogP contribution in [0, 0.1) is 0 Å². The van der Waals surface area contributed by atoms with Crippen LogP contribution in [0.1, 0.15) is 65.9 Å². The van der Waals surface area contributed by atoms with Gasteiger partial charge < -0.3 is 19.5 Å². The van der Waals surface area contributed by atoms with Gasteiger partial charge in [0, 0.05) is 11.0 Å². The van der Waals surface area contributed by atoms with E-state index in [-0.39, 0.29) is 11.9 Å². The minimum atomic E-state index is -0.370. The summed E-state index contributed by atoms with van der Waals surface area (Å²) in [7, 11) is 1.60. The minimum absolute atomic E-state index is 0.297. The van der Waals surface area contributed by atoms with Gasteiger partial charge in [-0.3, -0.25) is 4.79 Å². The van der Waals surface area contributed by atoms with Crippen LogP contribution < -0.4 is 14.8 Å². The number of rotatable bonds is 11. The maximum Gasteiger partial charge on any atom is 0.341 e. The molecule has 0 atom stereocenters. The van der Waals surface area contributed by atoms with E-state index >= 15 is 0 Å². The van der Waals surface area contributed by atoms with Crippen LogP contribution in [0.25, 0.3) is 6.08 Å². The summed E-state index contributed by atoms with van der Waals surface area (Å²) in [5.74, 6) is 0.653. The van der Waals surface area contributed by atoms with Crippen molar-refractivity contribution < 1.29 is 23.8 Å². The Kier molecular flexibility index (Phi) is 8.73. The zero-order valence-electron chi connectivity index (χ0n) is 19.0. The van der Waals surface area contributed by atoms with E-state index in [1.54, 1.807) is 20.1 Å². The van der Waals surface area contributed by atoms with Crippen molar-refractivity contribution in [3.05, 3.63) is 45.8 Å². The zero-order valence-corrected chi connectivity index (χ0v) is 19.8. The number of anilines is 1. The first kappa shape index (κ1) is 23.9. The second-order valence-electron chi connectivity index (χ2n) is 7.57. The van der Waals surface area contributed by atoms with E-state index in [1.165, 1.54) is 17.4 Å². The Labute approximate surface area is 193 Å². The molecular weight excluding hydrogens is 426 g/mol. The monoisotopic (exact) mass is 457 g/mol. The van der Waals surface area contributed by atoms with E-state index in [4.69, 9.17) is 14.2 Å². The second kappa shape index (κ2) is 11.7. The van der Waals surface area contributed by atoms with Gasteiger partial charge in [0.2, 0.25) is 5.91 Å². The maximum absolute atomic E-state index is 12.6. The normalized spacial score (nSPS) is 12.6. The number of hydrogen-bond donors (Lipinski definition) is 1. The minimum Gasteiger partial charge on any atom is -0.493 e. The van der Waals surface area contributed by atoms with Gasteiger partial charge in [-0.05, 0) is 61.9 Å². The van der Waals surface area contributed by atoms with Gasteiger partial charge in [0.05, 0.1) is 25.9 Å². The molecule has 0 unspecified atom stereocenters. The molecule has 0 aliphatic heterocycles. The van der Waals surface area contributed by atoms with Crippen LogP contribution in [-0.2, 0) is 22.4 Å². The number of methoxy groups -OCH3 is 1. The first-order valence-electron chi connectivity index (χ1n) is 11.2. The van der Waals surface area contributed by atoms with Crippen LogP contribution in [0.2, 0.25) is 0 Å². The lowest BCUT2D eigenvalue weighted by Gasteiger charge is -2.11. The van der Waals surface area contributed by atoms with Crippen LogP contribution in [0.5, 0.6) is 11.5 Å². The van der Waals surface area contributed by atoms with Crippen LogP contribution >= 0.6 is 11.3 Å². The van der Waals surface area contributed by atoms with Crippen molar-refractivity contribution in [1.82, 2.24) is 0 Å². The highest BCUT2D eigenvalue weighted by Gasteiger charge is 2.28. The molecule has 3 rings (SSSR count). The molecule has 1 aliphatic carbocycles. The third-order valence-electron chi connectivity index (χ3n) is 5.26. The Morgan fingerprint density at radius 1 is 1.16 bits per heavy atom. The Morgan fingerprint density at radius 3 is 2.75 bits per heavy atom. The number of aryl methyl sites for hydroxylation is 1. The second-order valence-corrected chi connectivity index (χ2v) is 8.68. The highest BCUT2D eigenvalue weighted by Crippen LogP contribution is 2.39. The fraction of sp³-hybridized carbons (Fsp3) is 0.440. The Morgan fingerprint density at radius 2 is 2.00 bits per heavy atom. The average Bonchev–Trinajstić information content (AvgIpc) is 3.36. The van der Waals surface area contributed by atoms with Gasteiger partial charge in [-0.2, -0.15) is 0 Å². The number of unbranched alkanes of at least 4 members (excludes halogenated alkanes) is 2. The highest BCUT2D eigenvalue weighted by atomic mass is 32.1. The van der Waals surface area contributed by atoms with Gasteiger partial charge in [0.25, 0.3) is 0 Å². The van der Waals surface area contributed by atoms with E-state index in [9.17, 15) is 9.59 Å². The Balaban J connectivity index is 1.68. The lowest BCUT2D eigenvalue weighted by Crippen LogP contribution is -2.13. The van der Waals surface area contributed by atoms with E-state index in [0.29, 0.717) is 35.3 Å². The fourth-order valence-corrected chi connectivity index (χ4v) is 4.96. The average molecular weight is 458 g/mol. The molecule has 1 aromatic heterocycles. The zero-order chi connectivity index (χ0) is 22.9. The predicted molar refractivity (Wildman–Crippen MR) is 128 cm³/mol. The van der Waals surface area contributed by atoms with Crippen molar-refractivity contribution in [2.24, 2.45) is 0 Å². The molecule has 1 heterocycles. The molecule has 0 saturated carbocycles. The third-order valence-corrected chi connectivity index (χ3v) is 6.47. The van der Waals surface area contributed by atoms with Gasteiger partial charge in [0.15, 0.2) is 11.5 Å². The number of ether oxygens (including phenoxy) is 3. The summed E-state index contributed by atoms with van der Waals surface area (Å²) in [5.41, 5.74) is 2.35. The molecule has 32 heavy (non-hydrogen) atoms. The van der Waals surface area contributed by atoms with Crippen LogP contribution in [0.3, 0.4) is 0 Å². The van der Waals surface area contributed by atoms with Crippen molar-refractivity contribution in [1.29, 1.82) is 0 Å². The molecule has 2 aromatic rings. The predicted octanol–water partition coefficient (Wildman–Crippen LogP) is 5.64. The lowest BCUT2D eigenvalue weighted by atomic mass is 10.1. The van der Waals surface area contributed by atoms with Crippen molar-refractivity contribution in [2.45, 2.75) is 52.4 Å². The summed E-state index contributed by atoms with van der Waals surface area (Å²) in [6.45, 7) is 4.88. The van der Waals surface area contributed by atoms with Gasteiger partial charge in [-0.1, -0.05) is 25.8 Å². The van der Waals surface area contributed by atoms with Gasteiger partial charge in [-0.25, -0.2) is 4.79 Å². The number of nitrogens with one attached hydrogen (secondary N) is 1. The topological polar surface area (TPSA) is 73.9 Å². The number of benzene rings is 1. The fourth-order valence-electron chi connectivity index (χ4n) is 3.68. The smallest absolute Gasteiger partial charge is 0.341 e. The number of esters is 1. The number of amides is 1. The van der Waals surface area contributed by atoms with E-state index < -0.39 is 0 Å². The van der Waals surface area contributed by atoms with Crippen molar-refractivity contribution in [3.63, 3.8) is 0 Å². The molecule has 0 fully saturated rings. The van der Waals surface area contributed by atoms with Crippen LogP contribution in [-0.4, -0.2) is 32.2 Å². The van der Waals surface area contributed by atoms with Gasteiger partial charge in [-0.15, -0.1) is 11.3 Å². The molecular formula is C25H31NO5S. The molecule has 0 saturated heterocycles. The molecule has 0 bridgehead atoms. The highest BCUT2D eigenvalue weighted by molar-refractivity contribution is 7.17. The first-order chi connectivity index (χ1) is 15.6. The molecule has 1 aliphatic rings. The Bertz CT molecular complexity index is 979. The van der Waals surface area contributed by atoms with E-state index in [1.807, 2.05) is 18.2 Å². The van der Waals surface area contributed by atoms with Gasteiger partial charge >= 0.3 is 5.97 Å². The summed E-state index contributed by atoms with van der Waals surface area (Å²) < 4.78 is 16.5. The number of carbonyl (C=O) groups excluding carboxylic acids is 2. The summed E-state index contributed by atoms with van der Waals surface area (Å²) in [6.07, 6.45) is 9.25. The molecule has 1 N–H and O–H groups in total. The molecule has 7 heteroatoms. The number of fused-ring (bicyclic) bond motifs is 1. The summed E-state index contributed by atoms with van der Waals surface area (Å²) >= 11 is 1.47. The quantitative estimate of drug-likeness (QED) is 0.268. The van der Waals surface area contributed by atoms with Crippen LogP contribution in [0.15, 0.2) is 24.3 Å². The molecule has 1 amide bonds. The third kappa shape index (κ3) is 5.91. The molecule has 0 radical (unpaired) electrons. The molecule has 0 spiro atoms.